The van der Waals surface area contributed by atoms with Crippen molar-refractivity contribution in [3.05, 3.63) is 63.4 Å². The number of hydrogen-bond acceptors (Lipinski definition) is 8. The van der Waals surface area contributed by atoms with E-state index in [4.69, 9.17) is 24.9 Å². The van der Waals surface area contributed by atoms with Gasteiger partial charge in [-0.2, -0.15) is 5.09 Å². The Labute approximate surface area is 202 Å². The molecule has 1 aromatic carbocycles. The molecule has 188 valence electrons. The summed E-state index contributed by atoms with van der Waals surface area (Å²) in [5.74, 6) is 1.71. The summed E-state index contributed by atoms with van der Waals surface area (Å²) in [7, 11) is -4.08. The summed E-state index contributed by atoms with van der Waals surface area (Å²) in [6.07, 6.45) is 5.37. The summed E-state index contributed by atoms with van der Waals surface area (Å²) >= 11 is 0. The van der Waals surface area contributed by atoms with Gasteiger partial charge in [0.05, 0.1) is 24.7 Å². The number of nitrogens with one attached hydrogen (secondary N) is 2. The molecular weight excluding hydrogens is 477 g/mol. The molecule has 0 spiro atoms. The second-order valence-electron chi connectivity index (χ2n) is 8.21. The lowest BCUT2D eigenvalue weighted by atomic mass is 10.0. The Morgan fingerprint density at radius 2 is 2.00 bits per heavy atom. The summed E-state index contributed by atoms with van der Waals surface area (Å²) in [4.78, 5) is 38.0. The first-order chi connectivity index (χ1) is 16.6. The number of hydrogen-bond donors (Lipinski definition) is 2. The van der Waals surface area contributed by atoms with Gasteiger partial charge in [-0.25, -0.2) is 9.36 Å². The fourth-order valence-corrected chi connectivity index (χ4v) is 4.93. The molecule has 1 fully saturated rings. The van der Waals surface area contributed by atoms with Crippen LogP contribution in [0.3, 0.4) is 0 Å². The van der Waals surface area contributed by atoms with Crippen molar-refractivity contribution in [2.24, 2.45) is 5.92 Å². The fraction of sp³-hybridized carbons (Fsp3) is 0.435. The molecule has 0 amide bonds. The largest absolute Gasteiger partial charge is 0.462 e. The molecule has 35 heavy (non-hydrogen) atoms. The molecule has 2 heterocycles. The molecule has 2 unspecified atom stereocenters. The normalized spacial score (nSPS) is 22.2. The van der Waals surface area contributed by atoms with E-state index in [1.54, 1.807) is 44.2 Å². The summed E-state index contributed by atoms with van der Waals surface area (Å²) in [5, 5.41) is 2.60. The third-order valence-electron chi connectivity index (χ3n) is 4.99. The van der Waals surface area contributed by atoms with Crippen molar-refractivity contribution < 1.29 is 27.9 Å². The monoisotopic (exact) mass is 505 g/mol. The lowest BCUT2D eigenvalue weighted by Crippen LogP contribution is -2.36. The first-order valence-electron chi connectivity index (χ1n) is 11.0. The van der Waals surface area contributed by atoms with Gasteiger partial charge in [-0.1, -0.05) is 24.1 Å². The highest BCUT2D eigenvalue weighted by atomic mass is 31.2. The Kier molecular flexibility index (Phi) is 8.70. The first-order valence-corrected chi connectivity index (χ1v) is 12.5. The van der Waals surface area contributed by atoms with Gasteiger partial charge in [-0.15, -0.1) is 6.42 Å². The molecule has 0 radical (unpaired) electrons. The standard InChI is InChI=1S/C23H28N3O8P/c1-5-17-13-19(33-21(17)26-12-11-20(27)24-23(26)29)14-31-35(30,34-18-9-7-6-8-10-18)25-16(4)22(28)32-15(2)3/h1,6-12,15-17,19,21H,13-14H2,2-4H3,(H,25,30)(H,24,27,29)/t16-,17?,19+,21+,35?/m0/s1. The second kappa shape index (κ2) is 11.5. The molecule has 0 aliphatic carbocycles. The van der Waals surface area contributed by atoms with Crippen LogP contribution in [0, 0.1) is 18.3 Å². The molecule has 1 aliphatic heterocycles. The summed E-state index contributed by atoms with van der Waals surface area (Å²) in [6.45, 7) is 4.67. The minimum atomic E-state index is -4.08. The van der Waals surface area contributed by atoms with Gasteiger partial charge in [0, 0.05) is 12.3 Å². The Bertz CT molecular complexity index is 1220. The fourth-order valence-electron chi connectivity index (χ4n) is 3.41. The van der Waals surface area contributed by atoms with Crippen LogP contribution in [0.2, 0.25) is 0 Å². The maximum Gasteiger partial charge on any atom is 0.459 e. The molecule has 1 aliphatic rings. The van der Waals surface area contributed by atoms with Gasteiger partial charge >= 0.3 is 19.4 Å². The minimum Gasteiger partial charge on any atom is -0.462 e. The number of para-hydroxylation sites is 1. The molecule has 0 saturated carbocycles. The van der Waals surface area contributed by atoms with Crippen LogP contribution in [0.15, 0.2) is 52.2 Å². The van der Waals surface area contributed by atoms with Crippen LogP contribution in [0.25, 0.3) is 0 Å². The third-order valence-corrected chi connectivity index (χ3v) is 6.63. The maximum absolute atomic E-state index is 13.6. The Morgan fingerprint density at radius 3 is 2.63 bits per heavy atom. The van der Waals surface area contributed by atoms with E-state index in [1.165, 1.54) is 23.8 Å². The number of benzene rings is 1. The van der Waals surface area contributed by atoms with Crippen LogP contribution in [-0.4, -0.2) is 40.4 Å². The molecule has 11 nitrogen and oxygen atoms in total. The van der Waals surface area contributed by atoms with Crippen molar-refractivity contribution in [3.63, 3.8) is 0 Å². The van der Waals surface area contributed by atoms with Crippen LogP contribution < -0.4 is 20.9 Å². The highest BCUT2D eigenvalue weighted by molar-refractivity contribution is 7.52. The number of carbonyl (C=O) groups excluding carboxylic acids is 1. The highest BCUT2D eigenvalue weighted by Crippen LogP contribution is 2.46. The molecule has 3 rings (SSSR count). The van der Waals surface area contributed by atoms with Crippen molar-refractivity contribution in [2.45, 2.75) is 51.7 Å². The topological polar surface area (TPSA) is 138 Å². The Morgan fingerprint density at radius 1 is 1.29 bits per heavy atom. The zero-order valence-corrected chi connectivity index (χ0v) is 20.5. The van der Waals surface area contributed by atoms with E-state index in [-0.39, 0.29) is 18.5 Å². The molecule has 0 bridgehead atoms. The van der Waals surface area contributed by atoms with Crippen LogP contribution in [0.5, 0.6) is 5.75 Å². The van der Waals surface area contributed by atoms with Crippen molar-refractivity contribution >= 4 is 13.7 Å². The van der Waals surface area contributed by atoms with E-state index in [2.05, 4.69) is 16.0 Å². The van der Waals surface area contributed by atoms with Crippen molar-refractivity contribution in [3.8, 4) is 18.1 Å². The van der Waals surface area contributed by atoms with E-state index in [0.29, 0.717) is 6.42 Å². The zero-order valence-electron chi connectivity index (χ0n) is 19.6. The lowest BCUT2D eigenvalue weighted by Gasteiger charge is -2.24. The molecule has 2 N–H and O–H groups in total. The zero-order chi connectivity index (χ0) is 25.6. The van der Waals surface area contributed by atoms with Crippen LogP contribution in [0.4, 0.5) is 0 Å². The van der Waals surface area contributed by atoms with Crippen LogP contribution in [-0.2, 0) is 23.4 Å². The quantitative estimate of drug-likeness (QED) is 0.283. The van der Waals surface area contributed by atoms with Gasteiger partial charge in [-0.05, 0) is 39.3 Å². The highest BCUT2D eigenvalue weighted by Gasteiger charge is 2.39. The average Bonchev–Trinajstić information content (AvgIpc) is 3.21. The Balaban J connectivity index is 1.74. The predicted molar refractivity (Wildman–Crippen MR) is 127 cm³/mol. The van der Waals surface area contributed by atoms with Gasteiger partial charge in [-0.3, -0.25) is 23.7 Å². The summed E-state index contributed by atoms with van der Waals surface area (Å²) < 4.78 is 37.1. The third kappa shape index (κ3) is 7.16. The summed E-state index contributed by atoms with van der Waals surface area (Å²) in [5.41, 5.74) is -1.21. The number of aromatic nitrogens is 2. The summed E-state index contributed by atoms with van der Waals surface area (Å²) in [6, 6.07) is 8.52. The Hall–Kier alpha value is -3.16. The first kappa shape index (κ1) is 26.4. The number of terminal acetylenes is 1. The molecule has 1 saturated heterocycles. The van der Waals surface area contributed by atoms with Crippen molar-refractivity contribution in [1.82, 2.24) is 14.6 Å². The predicted octanol–water partition coefficient (Wildman–Crippen LogP) is 2.21. The van der Waals surface area contributed by atoms with E-state index >= 15 is 0 Å². The van der Waals surface area contributed by atoms with Gasteiger partial charge in [0.2, 0.25) is 0 Å². The molecule has 1 aromatic heterocycles. The van der Waals surface area contributed by atoms with E-state index in [0.717, 1.165) is 0 Å². The van der Waals surface area contributed by atoms with Gasteiger partial charge in [0.15, 0.2) is 6.23 Å². The van der Waals surface area contributed by atoms with Crippen LogP contribution in [0.1, 0.15) is 33.4 Å². The number of ether oxygens (including phenoxy) is 2. The van der Waals surface area contributed by atoms with E-state index in [1.807, 2.05) is 0 Å². The van der Waals surface area contributed by atoms with Gasteiger partial charge in [0.1, 0.15) is 11.8 Å². The number of H-pyrrole nitrogens is 1. The van der Waals surface area contributed by atoms with Gasteiger partial charge < -0.3 is 14.0 Å². The minimum absolute atomic E-state index is 0.212. The average molecular weight is 505 g/mol. The number of carbonyl (C=O) groups is 1. The second-order valence-corrected chi connectivity index (χ2v) is 9.90. The molecule has 12 heteroatoms. The smallest absolute Gasteiger partial charge is 0.459 e. The molecule has 5 atom stereocenters. The van der Waals surface area contributed by atoms with Crippen LogP contribution >= 0.6 is 7.75 Å². The maximum atomic E-state index is 13.6. The molecular formula is C23H28N3O8P. The number of esters is 1. The SMILES string of the molecule is C#CC1C[C@H](COP(=O)(N[C@@H](C)C(=O)OC(C)C)Oc2ccccc2)O[C@H]1n1ccc(=O)[nH]c1=O. The lowest BCUT2D eigenvalue weighted by molar-refractivity contribution is -0.149. The number of nitrogens with zero attached hydrogens (tertiary/aromatic N) is 1. The van der Waals surface area contributed by atoms with Crippen molar-refractivity contribution in [1.29, 1.82) is 0 Å². The van der Waals surface area contributed by atoms with Gasteiger partial charge in [0.25, 0.3) is 5.56 Å². The number of aromatic amines is 1. The van der Waals surface area contributed by atoms with Crippen molar-refractivity contribution in [2.75, 3.05) is 6.61 Å². The van der Waals surface area contributed by atoms with E-state index in [9.17, 15) is 18.9 Å². The van der Waals surface area contributed by atoms with E-state index < -0.39 is 49.3 Å². The molecule has 2 aromatic rings. The number of rotatable bonds is 10.